The van der Waals surface area contributed by atoms with E-state index < -0.39 is 23.7 Å². The van der Waals surface area contributed by atoms with Crippen molar-refractivity contribution >= 4 is 12.1 Å². The molecule has 0 radical (unpaired) electrons. The van der Waals surface area contributed by atoms with E-state index in [0.717, 1.165) is 11.1 Å². The summed E-state index contributed by atoms with van der Waals surface area (Å²) in [5, 5.41) is 2.56. The minimum absolute atomic E-state index is 0.360. The quantitative estimate of drug-likeness (QED) is 0.867. The predicted octanol–water partition coefficient (Wildman–Crippen LogP) is 2.60. The second-order valence-corrected chi connectivity index (χ2v) is 5.85. The number of methoxy groups -OCH3 is 1. The molecule has 0 aliphatic carbocycles. The SMILES string of the molecule is COC(=O)C(Cc1ccccc1C)NC(=O)OC(C)(C)C. The molecule has 1 unspecified atom stereocenters. The van der Waals surface area contributed by atoms with Crippen LogP contribution in [-0.2, 0) is 20.7 Å². The molecule has 1 rings (SSSR count). The molecular formula is C16H23NO4. The molecule has 0 saturated heterocycles. The molecule has 0 aliphatic heterocycles. The van der Waals surface area contributed by atoms with Crippen molar-refractivity contribution in [3.05, 3.63) is 35.4 Å². The van der Waals surface area contributed by atoms with Crippen molar-refractivity contribution in [2.24, 2.45) is 0 Å². The minimum Gasteiger partial charge on any atom is -0.467 e. The maximum Gasteiger partial charge on any atom is 0.408 e. The molecule has 21 heavy (non-hydrogen) atoms. The number of carbonyl (C=O) groups is 2. The van der Waals surface area contributed by atoms with E-state index in [1.807, 2.05) is 31.2 Å². The lowest BCUT2D eigenvalue weighted by atomic mass is 10.0. The van der Waals surface area contributed by atoms with Crippen LogP contribution in [-0.4, -0.2) is 30.8 Å². The molecule has 1 amide bonds. The third-order valence-corrected chi connectivity index (χ3v) is 2.86. The van der Waals surface area contributed by atoms with E-state index >= 15 is 0 Å². The standard InChI is InChI=1S/C16H23NO4/c1-11-8-6-7-9-12(11)10-13(14(18)20-5)17-15(19)21-16(2,3)4/h6-9,13H,10H2,1-5H3,(H,17,19). The zero-order valence-electron chi connectivity index (χ0n) is 13.2. The number of hydrogen-bond donors (Lipinski definition) is 1. The number of alkyl carbamates (subject to hydrolysis) is 1. The van der Waals surface area contributed by atoms with Gasteiger partial charge in [-0.25, -0.2) is 9.59 Å². The zero-order valence-corrected chi connectivity index (χ0v) is 13.2. The third kappa shape index (κ3) is 5.85. The van der Waals surface area contributed by atoms with Crippen molar-refractivity contribution in [1.82, 2.24) is 5.32 Å². The van der Waals surface area contributed by atoms with Gasteiger partial charge in [0.2, 0.25) is 0 Å². The van der Waals surface area contributed by atoms with Crippen molar-refractivity contribution in [2.75, 3.05) is 7.11 Å². The Morgan fingerprint density at radius 1 is 1.24 bits per heavy atom. The van der Waals surface area contributed by atoms with Crippen molar-refractivity contribution in [3.8, 4) is 0 Å². The van der Waals surface area contributed by atoms with Gasteiger partial charge in [0.1, 0.15) is 11.6 Å². The first kappa shape index (κ1) is 17.0. The number of carbonyl (C=O) groups excluding carboxylic acids is 2. The number of ether oxygens (including phenoxy) is 2. The Bertz CT molecular complexity index is 505. The maximum absolute atomic E-state index is 11.8. The molecule has 116 valence electrons. The Kier molecular flexibility index (Phi) is 5.76. The molecule has 0 fully saturated rings. The molecule has 1 N–H and O–H groups in total. The van der Waals surface area contributed by atoms with E-state index in [1.54, 1.807) is 20.8 Å². The van der Waals surface area contributed by atoms with Crippen molar-refractivity contribution < 1.29 is 19.1 Å². The molecule has 0 spiro atoms. The van der Waals surface area contributed by atoms with Crippen LogP contribution >= 0.6 is 0 Å². The Hall–Kier alpha value is -2.04. The fourth-order valence-corrected chi connectivity index (χ4v) is 1.84. The monoisotopic (exact) mass is 293 g/mol. The first-order valence-electron chi connectivity index (χ1n) is 6.85. The number of nitrogens with one attached hydrogen (secondary N) is 1. The van der Waals surface area contributed by atoms with E-state index in [-0.39, 0.29) is 0 Å². The lowest BCUT2D eigenvalue weighted by Crippen LogP contribution is -2.45. The normalized spacial score (nSPS) is 12.4. The Balaban J connectivity index is 2.80. The topological polar surface area (TPSA) is 64.6 Å². The molecular weight excluding hydrogens is 270 g/mol. The summed E-state index contributed by atoms with van der Waals surface area (Å²) in [6.07, 6.45) is -0.273. The molecule has 1 atom stereocenters. The highest BCUT2D eigenvalue weighted by molar-refractivity contribution is 5.81. The van der Waals surface area contributed by atoms with Crippen molar-refractivity contribution in [1.29, 1.82) is 0 Å². The summed E-state index contributed by atoms with van der Waals surface area (Å²) in [5.41, 5.74) is 1.41. The Morgan fingerprint density at radius 3 is 2.38 bits per heavy atom. The number of amides is 1. The third-order valence-electron chi connectivity index (χ3n) is 2.86. The molecule has 1 aromatic rings. The highest BCUT2D eigenvalue weighted by Crippen LogP contribution is 2.12. The molecule has 0 bridgehead atoms. The molecule has 5 heteroatoms. The predicted molar refractivity (Wildman–Crippen MR) is 80.1 cm³/mol. The second kappa shape index (κ2) is 7.11. The summed E-state index contributed by atoms with van der Waals surface area (Å²) in [4.78, 5) is 23.7. The number of hydrogen-bond acceptors (Lipinski definition) is 4. The molecule has 0 heterocycles. The average Bonchev–Trinajstić information content (AvgIpc) is 2.37. The Morgan fingerprint density at radius 2 is 1.86 bits per heavy atom. The molecule has 0 saturated carbocycles. The van der Waals surface area contributed by atoms with Crippen molar-refractivity contribution in [3.63, 3.8) is 0 Å². The van der Waals surface area contributed by atoms with Crippen LogP contribution in [0, 0.1) is 6.92 Å². The maximum atomic E-state index is 11.8. The van der Waals surface area contributed by atoms with Gasteiger partial charge in [-0.3, -0.25) is 0 Å². The Labute approximate surface area is 125 Å². The first-order valence-corrected chi connectivity index (χ1v) is 6.85. The lowest BCUT2D eigenvalue weighted by molar-refractivity contribution is -0.143. The van der Waals surface area contributed by atoms with E-state index in [9.17, 15) is 9.59 Å². The van der Waals surface area contributed by atoms with Crippen LogP contribution < -0.4 is 5.32 Å². The number of aryl methyl sites for hydroxylation is 1. The fraction of sp³-hybridized carbons (Fsp3) is 0.500. The highest BCUT2D eigenvalue weighted by atomic mass is 16.6. The van der Waals surface area contributed by atoms with E-state index in [4.69, 9.17) is 9.47 Å². The summed E-state index contributed by atoms with van der Waals surface area (Å²) in [5.74, 6) is -0.496. The van der Waals surface area contributed by atoms with E-state index in [1.165, 1.54) is 7.11 Å². The molecule has 5 nitrogen and oxygen atoms in total. The molecule has 0 aliphatic rings. The summed E-state index contributed by atoms with van der Waals surface area (Å²) < 4.78 is 9.92. The summed E-state index contributed by atoms with van der Waals surface area (Å²) >= 11 is 0. The van der Waals surface area contributed by atoms with Gasteiger partial charge in [0.15, 0.2) is 0 Å². The fourth-order valence-electron chi connectivity index (χ4n) is 1.84. The van der Waals surface area contributed by atoms with Gasteiger partial charge in [-0.2, -0.15) is 0 Å². The van der Waals surface area contributed by atoms with Crippen LogP contribution in [0.5, 0.6) is 0 Å². The van der Waals surface area contributed by atoms with Crippen LogP contribution in [0.1, 0.15) is 31.9 Å². The average molecular weight is 293 g/mol. The van der Waals surface area contributed by atoms with Crippen LogP contribution in [0.15, 0.2) is 24.3 Å². The number of benzene rings is 1. The van der Waals surface area contributed by atoms with Crippen LogP contribution in [0.4, 0.5) is 4.79 Å². The van der Waals surface area contributed by atoms with E-state index in [2.05, 4.69) is 5.32 Å². The van der Waals surface area contributed by atoms with Crippen molar-refractivity contribution in [2.45, 2.75) is 45.8 Å². The van der Waals surface area contributed by atoms with Crippen LogP contribution in [0.3, 0.4) is 0 Å². The van der Waals surface area contributed by atoms with Gasteiger partial charge in [-0.1, -0.05) is 24.3 Å². The largest absolute Gasteiger partial charge is 0.467 e. The number of rotatable bonds is 4. The first-order chi connectivity index (χ1) is 9.73. The summed E-state index contributed by atoms with van der Waals surface area (Å²) in [6.45, 7) is 7.25. The summed E-state index contributed by atoms with van der Waals surface area (Å²) in [6, 6.07) is 6.92. The molecule has 0 aromatic heterocycles. The van der Waals surface area contributed by atoms with Crippen LogP contribution in [0.2, 0.25) is 0 Å². The lowest BCUT2D eigenvalue weighted by Gasteiger charge is -2.23. The minimum atomic E-state index is -0.772. The highest BCUT2D eigenvalue weighted by Gasteiger charge is 2.25. The van der Waals surface area contributed by atoms with Gasteiger partial charge in [0.05, 0.1) is 7.11 Å². The van der Waals surface area contributed by atoms with Gasteiger partial charge in [0.25, 0.3) is 0 Å². The van der Waals surface area contributed by atoms with Gasteiger partial charge in [-0.15, -0.1) is 0 Å². The van der Waals surface area contributed by atoms with Crippen LogP contribution in [0.25, 0.3) is 0 Å². The smallest absolute Gasteiger partial charge is 0.408 e. The number of esters is 1. The molecule has 1 aromatic carbocycles. The van der Waals surface area contributed by atoms with Gasteiger partial charge >= 0.3 is 12.1 Å². The zero-order chi connectivity index (χ0) is 16.0. The van der Waals surface area contributed by atoms with E-state index in [0.29, 0.717) is 6.42 Å². The second-order valence-electron chi connectivity index (χ2n) is 5.85. The van der Waals surface area contributed by atoms with Gasteiger partial charge < -0.3 is 14.8 Å². The summed E-state index contributed by atoms with van der Waals surface area (Å²) in [7, 11) is 1.30. The van der Waals surface area contributed by atoms with Gasteiger partial charge in [-0.05, 0) is 38.8 Å². The van der Waals surface area contributed by atoms with Gasteiger partial charge in [0, 0.05) is 6.42 Å².